The Morgan fingerprint density at radius 2 is 1.73 bits per heavy atom. The second-order valence-corrected chi connectivity index (χ2v) is 12.8. The monoisotopic (exact) mass is 622 g/mol. The molecule has 2 unspecified atom stereocenters. The van der Waals surface area contributed by atoms with E-state index in [4.69, 9.17) is 9.47 Å². The van der Waals surface area contributed by atoms with E-state index in [1.165, 1.54) is 0 Å². The molecule has 1 aromatic rings. The lowest BCUT2D eigenvalue weighted by atomic mass is 9.64. The van der Waals surface area contributed by atoms with Gasteiger partial charge in [-0.2, -0.15) is 0 Å². The number of fused-ring (bicyclic) bond motifs is 1. The molecule has 4 heterocycles. The number of hydrogen-bond donors (Lipinski definition) is 1. The van der Waals surface area contributed by atoms with Gasteiger partial charge in [0.15, 0.2) is 0 Å². The molecule has 246 valence electrons. The zero-order valence-corrected chi connectivity index (χ0v) is 26.8. The van der Waals surface area contributed by atoms with E-state index in [2.05, 4.69) is 18.1 Å². The van der Waals surface area contributed by atoms with Crippen molar-refractivity contribution in [3.05, 3.63) is 61.2 Å². The van der Waals surface area contributed by atoms with Gasteiger partial charge in [-0.3, -0.25) is 19.3 Å². The zero-order chi connectivity index (χ0) is 32.0. The van der Waals surface area contributed by atoms with Crippen molar-refractivity contribution in [3.63, 3.8) is 0 Å². The van der Waals surface area contributed by atoms with Crippen LogP contribution in [0.15, 0.2) is 55.6 Å². The smallest absolute Gasteiger partial charge is 0.248 e. The number of morpholine rings is 1. The number of hydrogen-bond acceptors (Lipinski definition) is 7. The maximum Gasteiger partial charge on any atom is 0.248 e. The molecule has 10 nitrogen and oxygen atoms in total. The first-order chi connectivity index (χ1) is 21.9. The van der Waals surface area contributed by atoms with E-state index in [0.29, 0.717) is 84.6 Å². The molecule has 2 bridgehead atoms. The molecule has 1 aromatic carbocycles. The van der Waals surface area contributed by atoms with Crippen LogP contribution >= 0.6 is 0 Å². The Hall–Kier alpha value is -3.05. The first kappa shape index (κ1) is 33.3. The molecular formula is C35H50N4O6. The molecule has 4 aliphatic heterocycles. The van der Waals surface area contributed by atoms with Crippen LogP contribution in [0.25, 0.3) is 0 Å². The summed E-state index contributed by atoms with van der Waals surface area (Å²) in [4.78, 5) is 51.4. The maximum absolute atomic E-state index is 14.7. The van der Waals surface area contributed by atoms with Gasteiger partial charge >= 0.3 is 0 Å². The van der Waals surface area contributed by atoms with Crippen LogP contribution in [0.5, 0.6) is 0 Å². The highest BCUT2D eigenvalue weighted by Gasteiger charge is 2.79. The van der Waals surface area contributed by atoms with Crippen molar-refractivity contribution in [2.24, 2.45) is 11.8 Å². The van der Waals surface area contributed by atoms with Gasteiger partial charge in [0.25, 0.3) is 0 Å². The first-order valence-corrected chi connectivity index (χ1v) is 16.6. The van der Waals surface area contributed by atoms with E-state index in [-0.39, 0.29) is 24.3 Å². The van der Waals surface area contributed by atoms with Crippen molar-refractivity contribution >= 4 is 17.7 Å². The van der Waals surface area contributed by atoms with Crippen molar-refractivity contribution in [2.45, 2.75) is 62.8 Å². The molecule has 0 aliphatic carbocycles. The third-order valence-corrected chi connectivity index (χ3v) is 10.3. The van der Waals surface area contributed by atoms with Gasteiger partial charge in [0.2, 0.25) is 17.7 Å². The van der Waals surface area contributed by atoms with Crippen LogP contribution in [0, 0.1) is 11.8 Å². The summed E-state index contributed by atoms with van der Waals surface area (Å²) in [5.41, 5.74) is -0.913. The van der Waals surface area contributed by atoms with E-state index < -0.39 is 29.1 Å². The van der Waals surface area contributed by atoms with Crippen molar-refractivity contribution in [3.8, 4) is 0 Å². The van der Waals surface area contributed by atoms with E-state index in [0.717, 1.165) is 18.7 Å². The molecule has 0 saturated carbocycles. The molecule has 1 N–H and O–H groups in total. The number of rotatable bonds is 16. The zero-order valence-electron chi connectivity index (χ0n) is 26.8. The molecule has 4 aliphatic rings. The van der Waals surface area contributed by atoms with Crippen LogP contribution in [0.1, 0.15) is 44.6 Å². The van der Waals surface area contributed by atoms with E-state index in [1.807, 2.05) is 37.3 Å². The Morgan fingerprint density at radius 1 is 1.02 bits per heavy atom. The molecule has 4 saturated heterocycles. The van der Waals surface area contributed by atoms with Crippen molar-refractivity contribution in [1.29, 1.82) is 0 Å². The van der Waals surface area contributed by atoms with Crippen molar-refractivity contribution < 1.29 is 29.0 Å². The first-order valence-electron chi connectivity index (χ1n) is 16.6. The summed E-state index contributed by atoms with van der Waals surface area (Å²) in [5, 5.41) is 9.53. The molecule has 5 atom stereocenters. The van der Waals surface area contributed by atoms with Gasteiger partial charge in [-0.1, -0.05) is 49.4 Å². The predicted octanol–water partition coefficient (Wildman–Crippen LogP) is 2.48. The molecule has 3 amide bonds. The highest BCUT2D eigenvalue weighted by atomic mass is 16.5. The van der Waals surface area contributed by atoms with Crippen molar-refractivity contribution in [2.75, 3.05) is 65.6 Å². The lowest BCUT2D eigenvalue weighted by molar-refractivity contribution is -0.155. The molecule has 10 heteroatoms. The number of benzene rings is 1. The van der Waals surface area contributed by atoms with Crippen LogP contribution in [0.2, 0.25) is 0 Å². The fraction of sp³-hybridized carbons (Fsp3) is 0.629. The molecule has 0 aromatic heterocycles. The number of amides is 3. The maximum atomic E-state index is 14.7. The van der Waals surface area contributed by atoms with Crippen molar-refractivity contribution in [1.82, 2.24) is 19.6 Å². The molecule has 0 radical (unpaired) electrons. The van der Waals surface area contributed by atoms with Gasteiger partial charge in [-0.25, -0.2) is 0 Å². The van der Waals surface area contributed by atoms with Gasteiger partial charge in [0, 0.05) is 59.0 Å². The van der Waals surface area contributed by atoms with E-state index >= 15 is 0 Å². The lowest BCUT2D eigenvalue weighted by Crippen LogP contribution is -2.57. The minimum absolute atomic E-state index is 0.00388. The van der Waals surface area contributed by atoms with Gasteiger partial charge in [-0.15, -0.1) is 13.2 Å². The quantitative estimate of drug-likeness (QED) is 0.223. The fourth-order valence-corrected chi connectivity index (χ4v) is 8.10. The van der Waals surface area contributed by atoms with Crippen LogP contribution in [-0.2, 0) is 30.4 Å². The molecule has 4 fully saturated rings. The Bertz CT molecular complexity index is 1220. The Balaban J connectivity index is 1.48. The number of ether oxygens (including phenoxy) is 2. The SMILES string of the molecule is C=CCN(CCN1CCOCC1)C(=O)C1N(CCCCO)C(=O)[C@@H]2[C@H](C(=O)N(CC=C)Cc3ccccc3)[C@]3(CC)CCC12O3. The van der Waals surface area contributed by atoms with Crippen LogP contribution in [0.3, 0.4) is 0 Å². The topological polar surface area (TPSA) is 103 Å². The standard InChI is InChI=1S/C35H50N4O6/c1-4-16-37(20-19-36-21-24-44-25-22-36)33(43)30-35-15-14-34(6-3,45-35)28(29(35)32(42)39(30)18-10-11-23-40)31(41)38(17-5-2)26-27-12-8-7-9-13-27/h4-5,7-9,12-13,28-30,40H,1-2,6,10-11,14-26H2,3H3/t28-,29+,30?,34+,35?/m1/s1. The normalized spacial score (nSPS) is 29.1. The van der Waals surface area contributed by atoms with Crippen LogP contribution in [0.4, 0.5) is 0 Å². The Labute approximate surface area is 267 Å². The van der Waals surface area contributed by atoms with Gasteiger partial charge < -0.3 is 29.3 Å². The summed E-state index contributed by atoms with van der Waals surface area (Å²) in [5.74, 6) is -1.93. The summed E-state index contributed by atoms with van der Waals surface area (Å²) < 4.78 is 12.5. The summed E-state index contributed by atoms with van der Waals surface area (Å²) in [6.07, 6.45) is 6.24. The highest BCUT2D eigenvalue weighted by molar-refractivity contribution is 5.99. The number of aliphatic hydroxyl groups excluding tert-OH is 1. The third kappa shape index (κ3) is 6.35. The molecular weight excluding hydrogens is 572 g/mol. The minimum atomic E-state index is -1.09. The lowest BCUT2D eigenvalue weighted by Gasteiger charge is -2.37. The number of carbonyl (C=O) groups is 3. The number of unbranched alkanes of at least 4 members (excludes halogenated alkanes) is 1. The molecule has 5 rings (SSSR count). The number of aliphatic hydroxyl groups is 1. The summed E-state index contributed by atoms with van der Waals surface area (Å²) in [6.45, 7) is 15.4. The summed E-state index contributed by atoms with van der Waals surface area (Å²) in [7, 11) is 0. The van der Waals surface area contributed by atoms with Crippen LogP contribution < -0.4 is 0 Å². The van der Waals surface area contributed by atoms with Crippen LogP contribution in [-0.4, -0.2) is 125 Å². The van der Waals surface area contributed by atoms with Gasteiger partial charge in [-0.05, 0) is 37.7 Å². The average molecular weight is 623 g/mol. The fourth-order valence-electron chi connectivity index (χ4n) is 8.10. The number of carbonyl (C=O) groups excluding carboxylic acids is 3. The highest BCUT2D eigenvalue weighted by Crippen LogP contribution is 2.64. The number of likely N-dealkylation sites (tertiary alicyclic amines) is 1. The molecule has 1 spiro atoms. The number of nitrogens with zero attached hydrogens (tertiary/aromatic N) is 4. The third-order valence-electron chi connectivity index (χ3n) is 10.3. The van der Waals surface area contributed by atoms with E-state index in [1.54, 1.807) is 26.9 Å². The minimum Gasteiger partial charge on any atom is -0.396 e. The average Bonchev–Trinajstić information content (AvgIpc) is 3.67. The van der Waals surface area contributed by atoms with Gasteiger partial charge in [0.1, 0.15) is 11.6 Å². The summed E-state index contributed by atoms with van der Waals surface area (Å²) in [6, 6.07) is 8.97. The molecule has 45 heavy (non-hydrogen) atoms. The second-order valence-electron chi connectivity index (χ2n) is 12.8. The predicted molar refractivity (Wildman–Crippen MR) is 171 cm³/mol. The second kappa shape index (κ2) is 14.6. The van der Waals surface area contributed by atoms with Gasteiger partial charge in [0.05, 0.1) is 30.7 Å². The van der Waals surface area contributed by atoms with E-state index in [9.17, 15) is 19.5 Å². The summed E-state index contributed by atoms with van der Waals surface area (Å²) >= 11 is 0. The largest absolute Gasteiger partial charge is 0.396 e. The Kier molecular flexibility index (Phi) is 10.8. The Morgan fingerprint density at radius 3 is 2.40 bits per heavy atom.